The van der Waals surface area contributed by atoms with E-state index >= 15 is 0 Å². The summed E-state index contributed by atoms with van der Waals surface area (Å²) < 4.78 is 5.28. The first-order valence-corrected chi connectivity index (χ1v) is 10.4. The van der Waals surface area contributed by atoms with E-state index in [1.807, 2.05) is 38.1 Å². The first kappa shape index (κ1) is 19.6. The average molecular weight is 396 g/mol. The molecule has 0 spiro atoms. The maximum atomic E-state index is 12.3. The van der Waals surface area contributed by atoms with E-state index in [-0.39, 0.29) is 5.91 Å². The summed E-state index contributed by atoms with van der Waals surface area (Å²) in [6.07, 6.45) is 3.39. The third kappa shape index (κ3) is 4.85. The zero-order valence-electron chi connectivity index (χ0n) is 17.2. The smallest absolute Gasteiger partial charge is 0.220 e. The molecule has 1 aliphatic rings. The number of fused-ring (bicyclic) bond motifs is 1. The lowest BCUT2D eigenvalue weighted by atomic mass is 9.97. The summed E-state index contributed by atoms with van der Waals surface area (Å²) in [5, 5.41) is 7.17. The number of imidazole rings is 1. The summed E-state index contributed by atoms with van der Waals surface area (Å²) in [5.41, 5.74) is 4.14. The molecule has 4 rings (SSSR count). The number of aromatic nitrogens is 3. The minimum atomic E-state index is 0.0910. The van der Waals surface area contributed by atoms with Gasteiger partial charge in [0.25, 0.3) is 0 Å². The van der Waals surface area contributed by atoms with Gasteiger partial charge in [0.2, 0.25) is 5.91 Å². The minimum absolute atomic E-state index is 0.0910. The second-order valence-corrected chi connectivity index (χ2v) is 8.05. The number of rotatable bonds is 7. The van der Waals surface area contributed by atoms with Crippen molar-refractivity contribution in [2.24, 2.45) is 5.92 Å². The van der Waals surface area contributed by atoms with Crippen LogP contribution < -0.4 is 5.32 Å². The number of para-hydroxylation sites is 2. The predicted molar refractivity (Wildman–Crippen MR) is 111 cm³/mol. The van der Waals surface area contributed by atoms with E-state index in [0.717, 1.165) is 67.3 Å². The molecule has 2 N–H and O–H groups in total. The van der Waals surface area contributed by atoms with Gasteiger partial charge < -0.3 is 14.8 Å². The molecule has 2 aromatic heterocycles. The summed E-state index contributed by atoms with van der Waals surface area (Å²) in [7, 11) is 0. The normalized spacial score (nSPS) is 17.7. The lowest BCUT2D eigenvalue weighted by Gasteiger charge is -2.32. The van der Waals surface area contributed by atoms with Crippen LogP contribution >= 0.6 is 0 Å². The van der Waals surface area contributed by atoms with Crippen LogP contribution in [0.5, 0.6) is 0 Å². The number of aryl methyl sites for hydroxylation is 3. The van der Waals surface area contributed by atoms with Crippen molar-refractivity contribution in [3.05, 3.63) is 47.1 Å². The molecule has 0 saturated carbocycles. The van der Waals surface area contributed by atoms with Crippen LogP contribution in [0.4, 0.5) is 0 Å². The molecule has 0 bridgehead atoms. The van der Waals surface area contributed by atoms with Gasteiger partial charge in [-0.25, -0.2) is 4.98 Å². The number of carbonyl (C=O) groups excluding carboxylic acids is 1. The van der Waals surface area contributed by atoms with Gasteiger partial charge >= 0.3 is 0 Å². The highest BCUT2D eigenvalue weighted by atomic mass is 16.5. The van der Waals surface area contributed by atoms with Gasteiger partial charge in [0.15, 0.2) is 0 Å². The maximum Gasteiger partial charge on any atom is 0.220 e. The van der Waals surface area contributed by atoms with Crippen molar-refractivity contribution in [1.82, 2.24) is 25.3 Å². The molecule has 1 fully saturated rings. The molecule has 1 aromatic carbocycles. The van der Waals surface area contributed by atoms with E-state index in [0.29, 0.717) is 18.8 Å². The van der Waals surface area contributed by atoms with Crippen LogP contribution in [0.25, 0.3) is 11.0 Å². The van der Waals surface area contributed by atoms with E-state index in [4.69, 9.17) is 4.52 Å². The maximum absolute atomic E-state index is 12.3. The summed E-state index contributed by atoms with van der Waals surface area (Å²) in [5.74, 6) is 2.35. The Hall–Kier alpha value is -2.67. The van der Waals surface area contributed by atoms with Gasteiger partial charge in [0.05, 0.1) is 16.7 Å². The fraction of sp³-hybridized carbons (Fsp3) is 0.500. The Labute approximate surface area is 170 Å². The molecular weight excluding hydrogens is 366 g/mol. The van der Waals surface area contributed by atoms with Crippen LogP contribution in [0, 0.1) is 19.8 Å². The van der Waals surface area contributed by atoms with Gasteiger partial charge in [-0.1, -0.05) is 17.3 Å². The lowest BCUT2D eigenvalue weighted by Crippen LogP contribution is -2.40. The first-order chi connectivity index (χ1) is 14.1. The number of H-pyrrole nitrogens is 1. The number of hydrogen-bond acceptors (Lipinski definition) is 5. The number of carbonyl (C=O) groups is 1. The molecule has 7 nitrogen and oxygen atoms in total. The SMILES string of the molecule is Cc1noc(C)c1CN1CCCC(CNC(=O)CCc2nc3ccccc3[nH]2)C1. The second kappa shape index (κ2) is 8.78. The van der Waals surface area contributed by atoms with Gasteiger partial charge in [0.1, 0.15) is 11.6 Å². The molecule has 3 heterocycles. The van der Waals surface area contributed by atoms with Crippen LogP contribution in [0.2, 0.25) is 0 Å². The summed E-state index contributed by atoms with van der Waals surface area (Å²) in [6, 6.07) is 7.94. The summed E-state index contributed by atoms with van der Waals surface area (Å²) >= 11 is 0. The van der Waals surface area contributed by atoms with Crippen molar-refractivity contribution in [1.29, 1.82) is 0 Å². The van der Waals surface area contributed by atoms with Crippen molar-refractivity contribution in [3.8, 4) is 0 Å². The minimum Gasteiger partial charge on any atom is -0.361 e. The molecule has 1 saturated heterocycles. The van der Waals surface area contributed by atoms with Gasteiger partial charge in [-0.05, 0) is 51.3 Å². The number of amides is 1. The monoisotopic (exact) mass is 395 g/mol. The molecule has 0 radical (unpaired) electrons. The topological polar surface area (TPSA) is 87.1 Å². The third-order valence-corrected chi connectivity index (χ3v) is 5.78. The van der Waals surface area contributed by atoms with E-state index in [2.05, 4.69) is 25.3 Å². The highest BCUT2D eigenvalue weighted by Crippen LogP contribution is 2.21. The number of piperidine rings is 1. The molecule has 29 heavy (non-hydrogen) atoms. The summed E-state index contributed by atoms with van der Waals surface area (Å²) in [4.78, 5) is 22.6. The fourth-order valence-electron chi connectivity index (χ4n) is 4.12. The molecule has 1 aliphatic heterocycles. The van der Waals surface area contributed by atoms with Crippen LogP contribution in [0.1, 0.15) is 42.1 Å². The molecular formula is C22H29N5O2. The quantitative estimate of drug-likeness (QED) is 0.642. The van der Waals surface area contributed by atoms with Crippen LogP contribution in [0.15, 0.2) is 28.8 Å². The third-order valence-electron chi connectivity index (χ3n) is 5.78. The summed E-state index contributed by atoms with van der Waals surface area (Å²) in [6.45, 7) is 7.65. The number of aromatic amines is 1. The highest BCUT2D eigenvalue weighted by Gasteiger charge is 2.22. The Morgan fingerprint density at radius 3 is 3.00 bits per heavy atom. The van der Waals surface area contributed by atoms with Crippen LogP contribution in [0.3, 0.4) is 0 Å². The number of nitrogens with one attached hydrogen (secondary N) is 2. The Morgan fingerprint density at radius 2 is 2.21 bits per heavy atom. The van der Waals surface area contributed by atoms with E-state index < -0.39 is 0 Å². The largest absolute Gasteiger partial charge is 0.361 e. The number of benzene rings is 1. The zero-order valence-corrected chi connectivity index (χ0v) is 17.2. The standard InChI is InChI=1S/C22H29N5O2/c1-15-18(16(2)29-26-15)14-27-11-5-6-17(13-27)12-23-22(28)10-9-21-24-19-7-3-4-8-20(19)25-21/h3-4,7-8,17H,5-6,9-14H2,1-2H3,(H,23,28)(H,24,25). The van der Waals surface area contributed by atoms with Crippen molar-refractivity contribution in [2.45, 2.75) is 46.1 Å². The van der Waals surface area contributed by atoms with Crippen molar-refractivity contribution in [2.75, 3.05) is 19.6 Å². The second-order valence-electron chi connectivity index (χ2n) is 8.05. The van der Waals surface area contributed by atoms with Crippen molar-refractivity contribution in [3.63, 3.8) is 0 Å². The van der Waals surface area contributed by atoms with E-state index in [1.54, 1.807) is 0 Å². The Kier molecular flexibility index (Phi) is 5.94. The Bertz CT molecular complexity index is 924. The Morgan fingerprint density at radius 1 is 1.34 bits per heavy atom. The van der Waals surface area contributed by atoms with Crippen LogP contribution in [-0.4, -0.2) is 45.6 Å². The van der Waals surface area contributed by atoms with Gasteiger partial charge in [-0.15, -0.1) is 0 Å². The number of hydrogen-bond donors (Lipinski definition) is 2. The number of nitrogens with zero attached hydrogens (tertiary/aromatic N) is 3. The van der Waals surface area contributed by atoms with Gasteiger partial charge in [-0.2, -0.15) is 0 Å². The molecule has 0 aliphatic carbocycles. The lowest BCUT2D eigenvalue weighted by molar-refractivity contribution is -0.121. The first-order valence-electron chi connectivity index (χ1n) is 10.4. The molecule has 1 unspecified atom stereocenters. The molecule has 3 aromatic rings. The van der Waals surface area contributed by atoms with Crippen LogP contribution in [-0.2, 0) is 17.8 Å². The van der Waals surface area contributed by atoms with Crippen molar-refractivity contribution < 1.29 is 9.32 Å². The van der Waals surface area contributed by atoms with Gasteiger partial charge in [-0.3, -0.25) is 9.69 Å². The predicted octanol–water partition coefficient (Wildman–Crippen LogP) is 3.13. The highest BCUT2D eigenvalue weighted by molar-refractivity contribution is 5.77. The average Bonchev–Trinajstić information content (AvgIpc) is 3.29. The number of likely N-dealkylation sites (tertiary alicyclic amines) is 1. The van der Waals surface area contributed by atoms with E-state index in [1.165, 1.54) is 5.56 Å². The van der Waals surface area contributed by atoms with Crippen molar-refractivity contribution >= 4 is 16.9 Å². The van der Waals surface area contributed by atoms with Gasteiger partial charge in [0, 0.05) is 38.0 Å². The zero-order chi connectivity index (χ0) is 20.2. The molecule has 1 atom stereocenters. The van der Waals surface area contributed by atoms with E-state index in [9.17, 15) is 4.79 Å². The molecule has 7 heteroatoms. The molecule has 1 amide bonds. The fourth-order valence-corrected chi connectivity index (χ4v) is 4.12. The molecule has 154 valence electrons. The Balaban J connectivity index is 1.22.